The molecule has 0 bridgehead atoms. The number of piperidine rings is 1. The van der Waals surface area contributed by atoms with Gasteiger partial charge in [-0.05, 0) is 24.3 Å². The van der Waals surface area contributed by atoms with E-state index in [0.29, 0.717) is 19.0 Å². The first kappa shape index (κ1) is 12.6. The predicted octanol–water partition coefficient (Wildman–Crippen LogP) is 2.25. The second-order valence-electron chi connectivity index (χ2n) is 4.85. The van der Waals surface area contributed by atoms with Gasteiger partial charge in [-0.15, -0.1) is 0 Å². The zero-order chi connectivity index (χ0) is 12.3. The van der Waals surface area contributed by atoms with E-state index in [4.69, 9.17) is 0 Å². The summed E-state index contributed by atoms with van der Waals surface area (Å²) in [7, 11) is -3.14. The zero-order valence-electron chi connectivity index (χ0n) is 10.2. The Kier molecular flexibility index (Phi) is 3.84. The number of rotatable bonds is 3. The third-order valence-corrected chi connectivity index (χ3v) is 5.02. The van der Waals surface area contributed by atoms with Crippen LogP contribution in [0.1, 0.15) is 25.3 Å². The molecule has 0 N–H and O–H groups in total. The molecule has 1 aliphatic rings. The lowest BCUT2D eigenvalue weighted by Crippen LogP contribution is -2.39. The summed E-state index contributed by atoms with van der Waals surface area (Å²) in [5.41, 5.74) is 0.866. The smallest absolute Gasteiger partial charge is 0.212 e. The molecular weight excluding hydrogens is 234 g/mol. The SMILES string of the molecule is CC1CCCN(S(=O)(=O)Cc2ccccc2)C1. The third-order valence-electron chi connectivity index (χ3n) is 3.21. The third kappa shape index (κ3) is 3.30. The Hall–Kier alpha value is -0.870. The van der Waals surface area contributed by atoms with Gasteiger partial charge in [0.2, 0.25) is 10.0 Å². The number of benzene rings is 1. The second-order valence-corrected chi connectivity index (χ2v) is 6.82. The first-order chi connectivity index (χ1) is 8.08. The van der Waals surface area contributed by atoms with E-state index < -0.39 is 10.0 Å². The summed E-state index contributed by atoms with van der Waals surface area (Å²) in [4.78, 5) is 0. The monoisotopic (exact) mass is 253 g/mol. The Labute approximate surface area is 104 Å². The zero-order valence-corrected chi connectivity index (χ0v) is 11.0. The molecule has 0 aromatic heterocycles. The van der Waals surface area contributed by atoms with Crippen molar-refractivity contribution in [2.75, 3.05) is 13.1 Å². The lowest BCUT2D eigenvalue weighted by molar-refractivity contribution is 0.281. The first-order valence-electron chi connectivity index (χ1n) is 6.10. The van der Waals surface area contributed by atoms with Gasteiger partial charge in [-0.3, -0.25) is 0 Å². The van der Waals surface area contributed by atoms with Crippen molar-refractivity contribution in [3.63, 3.8) is 0 Å². The molecule has 4 heteroatoms. The van der Waals surface area contributed by atoms with Crippen molar-refractivity contribution in [1.82, 2.24) is 4.31 Å². The van der Waals surface area contributed by atoms with Gasteiger partial charge < -0.3 is 0 Å². The van der Waals surface area contributed by atoms with E-state index in [1.165, 1.54) is 0 Å². The molecule has 0 saturated carbocycles. The molecule has 1 unspecified atom stereocenters. The van der Waals surface area contributed by atoms with Crippen molar-refractivity contribution in [3.05, 3.63) is 35.9 Å². The largest absolute Gasteiger partial charge is 0.218 e. The van der Waals surface area contributed by atoms with Crippen LogP contribution in [0.4, 0.5) is 0 Å². The van der Waals surface area contributed by atoms with Crippen LogP contribution < -0.4 is 0 Å². The molecule has 0 radical (unpaired) electrons. The van der Waals surface area contributed by atoms with Crippen LogP contribution in [0.5, 0.6) is 0 Å². The van der Waals surface area contributed by atoms with Crippen molar-refractivity contribution < 1.29 is 8.42 Å². The molecule has 0 aliphatic carbocycles. The molecule has 2 rings (SSSR count). The Morgan fingerprint density at radius 3 is 2.65 bits per heavy atom. The minimum Gasteiger partial charge on any atom is -0.212 e. The molecule has 94 valence electrons. The molecule has 3 nitrogen and oxygen atoms in total. The highest BCUT2D eigenvalue weighted by Gasteiger charge is 2.26. The van der Waals surface area contributed by atoms with Crippen LogP contribution in [0.3, 0.4) is 0 Å². The molecule has 1 aromatic rings. The standard InChI is InChI=1S/C13H19NO2S/c1-12-6-5-9-14(10-12)17(15,16)11-13-7-3-2-4-8-13/h2-4,7-8,12H,5-6,9-11H2,1H3. The first-order valence-corrected chi connectivity index (χ1v) is 7.70. The average Bonchev–Trinajstić information content (AvgIpc) is 2.30. The lowest BCUT2D eigenvalue weighted by atomic mass is 10.0. The summed E-state index contributed by atoms with van der Waals surface area (Å²) in [6.07, 6.45) is 2.12. The summed E-state index contributed by atoms with van der Waals surface area (Å²) < 4.78 is 26.1. The summed E-state index contributed by atoms with van der Waals surface area (Å²) >= 11 is 0. The predicted molar refractivity (Wildman–Crippen MR) is 69.0 cm³/mol. The fourth-order valence-electron chi connectivity index (χ4n) is 2.28. The minimum absolute atomic E-state index is 0.126. The molecule has 1 saturated heterocycles. The van der Waals surface area contributed by atoms with Gasteiger partial charge >= 0.3 is 0 Å². The summed E-state index contributed by atoms with van der Waals surface area (Å²) in [6.45, 7) is 3.47. The van der Waals surface area contributed by atoms with Crippen molar-refractivity contribution in [2.24, 2.45) is 5.92 Å². The van der Waals surface area contributed by atoms with Gasteiger partial charge in [0, 0.05) is 13.1 Å². The van der Waals surface area contributed by atoms with Gasteiger partial charge in [-0.2, -0.15) is 0 Å². The van der Waals surface area contributed by atoms with Crippen LogP contribution >= 0.6 is 0 Å². The summed E-state index contributed by atoms with van der Waals surface area (Å²) in [6, 6.07) is 9.39. The van der Waals surface area contributed by atoms with E-state index in [0.717, 1.165) is 18.4 Å². The van der Waals surface area contributed by atoms with Crippen LogP contribution in [0.15, 0.2) is 30.3 Å². The maximum absolute atomic E-state index is 12.2. The van der Waals surface area contributed by atoms with E-state index in [-0.39, 0.29) is 5.75 Å². The van der Waals surface area contributed by atoms with Gasteiger partial charge in [0.1, 0.15) is 0 Å². The number of nitrogens with zero attached hydrogens (tertiary/aromatic N) is 1. The normalized spacial score (nSPS) is 22.5. The number of hydrogen-bond donors (Lipinski definition) is 0. The average molecular weight is 253 g/mol. The van der Waals surface area contributed by atoms with Gasteiger partial charge in [0.05, 0.1) is 5.75 Å². The van der Waals surface area contributed by atoms with Gasteiger partial charge in [0.25, 0.3) is 0 Å². The Bertz CT molecular complexity index is 456. The number of hydrogen-bond acceptors (Lipinski definition) is 2. The van der Waals surface area contributed by atoms with E-state index in [9.17, 15) is 8.42 Å². The molecule has 0 spiro atoms. The van der Waals surface area contributed by atoms with E-state index in [1.807, 2.05) is 30.3 Å². The highest BCUT2D eigenvalue weighted by molar-refractivity contribution is 7.88. The van der Waals surface area contributed by atoms with Gasteiger partial charge in [-0.1, -0.05) is 37.3 Å². The topological polar surface area (TPSA) is 37.4 Å². The Morgan fingerprint density at radius 2 is 2.00 bits per heavy atom. The highest BCUT2D eigenvalue weighted by Crippen LogP contribution is 2.20. The molecule has 1 heterocycles. The maximum atomic E-state index is 12.2. The van der Waals surface area contributed by atoms with Crippen molar-refractivity contribution in [1.29, 1.82) is 0 Å². The van der Waals surface area contributed by atoms with E-state index in [2.05, 4.69) is 6.92 Å². The second kappa shape index (κ2) is 5.19. The van der Waals surface area contributed by atoms with E-state index >= 15 is 0 Å². The molecule has 17 heavy (non-hydrogen) atoms. The van der Waals surface area contributed by atoms with Crippen LogP contribution in [0.25, 0.3) is 0 Å². The summed E-state index contributed by atoms with van der Waals surface area (Å²) in [5.74, 6) is 0.606. The summed E-state index contributed by atoms with van der Waals surface area (Å²) in [5, 5.41) is 0. The fourth-order valence-corrected chi connectivity index (χ4v) is 3.96. The van der Waals surface area contributed by atoms with Gasteiger partial charge in [-0.25, -0.2) is 12.7 Å². The molecule has 0 amide bonds. The molecule has 1 aromatic carbocycles. The van der Waals surface area contributed by atoms with Crippen LogP contribution in [0.2, 0.25) is 0 Å². The lowest BCUT2D eigenvalue weighted by Gasteiger charge is -2.30. The van der Waals surface area contributed by atoms with Crippen LogP contribution in [-0.2, 0) is 15.8 Å². The van der Waals surface area contributed by atoms with Crippen molar-refractivity contribution in [3.8, 4) is 0 Å². The van der Waals surface area contributed by atoms with Crippen LogP contribution in [-0.4, -0.2) is 25.8 Å². The molecule has 1 atom stereocenters. The van der Waals surface area contributed by atoms with Gasteiger partial charge in [0.15, 0.2) is 0 Å². The molecule has 1 aliphatic heterocycles. The van der Waals surface area contributed by atoms with Crippen molar-refractivity contribution >= 4 is 10.0 Å². The Morgan fingerprint density at radius 1 is 1.29 bits per heavy atom. The van der Waals surface area contributed by atoms with Crippen molar-refractivity contribution in [2.45, 2.75) is 25.5 Å². The Balaban J connectivity index is 2.08. The van der Waals surface area contributed by atoms with Crippen LogP contribution in [0, 0.1) is 5.92 Å². The number of sulfonamides is 1. The van der Waals surface area contributed by atoms with E-state index in [1.54, 1.807) is 4.31 Å². The minimum atomic E-state index is -3.14. The maximum Gasteiger partial charge on any atom is 0.218 e. The molecule has 1 fully saturated rings. The quantitative estimate of drug-likeness (QED) is 0.828. The molecular formula is C13H19NO2S. The highest BCUT2D eigenvalue weighted by atomic mass is 32.2. The fraction of sp³-hybridized carbons (Fsp3) is 0.538.